The number of aryl methyl sites for hydroxylation is 1. The third kappa shape index (κ3) is 3.94. The molecule has 1 aromatic rings. The Bertz CT molecular complexity index is 427. The van der Waals surface area contributed by atoms with Crippen LogP contribution in [-0.4, -0.2) is 27.6 Å². The fraction of sp³-hybridized carbons (Fsp3) is 0.786. The number of methoxy groups -OCH3 is 1. The second kappa shape index (κ2) is 6.25. The van der Waals surface area contributed by atoms with Crippen LogP contribution in [0.4, 0.5) is 0 Å². The van der Waals surface area contributed by atoms with Crippen LogP contribution in [0.2, 0.25) is 5.15 Å². The minimum absolute atomic E-state index is 0.235. The molecule has 0 aliphatic heterocycles. The first-order chi connectivity index (χ1) is 8.69. The number of hydrogen-bond acceptors (Lipinski definition) is 3. The molecule has 19 heavy (non-hydrogen) atoms. The highest BCUT2D eigenvalue weighted by Gasteiger charge is 2.26. The Labute approximate surface area is 120 Å². The van der Waals surface area contributed by atoms with Gasteiger partial charge >= 0.3 is 0 Å². The fourth-order valence-electron chi connectivity index (χ4n) is 2.00. The molecule has 0 amide bonds. The maximum atomic E-state index is 10.4. The van der Waals surface area contributed by atoms with Crippen molar-refractivity contribution in [3.63, 3.8) is 0 Å². The van der Waals surface area contributed by atoms with E-state index in [0.717, 1.165) is 17.7 Å². The molecule has 0 aromatic carbocycles. The van der Waals surface area contributed by atoms with Crippen molar-refractivity contribution in [2.75, 3.05) is 7.11 Å². The molecule has 0 saturated carbocycles. The van der Waals surface area contributed by atoms with Crippen molar-refractivity contribution in [2.45, 2.75) is 58.2 Å². The SMILES string of the molecule is COC(C)(C)CCC(O)c1c(C(C)C)nn(C)c1Cl. The molecule has 0 bridgehead atoms. The van der Waals surface area contributed by atoms with E-state index < -0.39 is 6.10 Å². The van der Waals surface area contributed by atoms with Gasteiger partial charge in [0.15, 0.2) is 0 Å². The van der Waals surface area contributed by atoms with Crippen molar-refractivity contribution < 1.29 is 9.84 Å². The van der Waals surface area contributed by atoms with Crippen LogP contribution in [0.5, 0.6) is 0 Å². The number of rotatable bonds is 6. The second-order valence-electron chi connectivity index (χ2n) is 5.89. The van der Waals surface area contributed by atoms with E-state index in [1.54, 1.807) is 18.8 Å². The molecule has 1 atom stereocenters. The largest absolute Gasteiger partial charge is 0.388 e. The second-order valence-corrected chi connectivity index (χ2v) is 6.24. The normalized spacial score (nSPS) is 14.2. The predicted molar refractivity (Wildman–Crippen MR) is 77.6 cm³/mol. The van der Waals surface area contributed by atoms with Gasteiger partial charge in [0.2, 0.25) is 0 Å². The Morgan fingerprint density at radius 2 is 2.00 bits per heavy atom. The number of aromatic nitrogens is 2. The van der Waals surface area contributed by atoms with Gasteiger partial charge in [-0.3, -0.25) is 4.68 Å². The lowest BCUT2D eigenvalue weighted by Gasteiger charge is -2.24. The van der Waals surface area contributed by atoms with E-state index in [-0.39, 0.29) is 11.5 Å². The van der Waals surface area contributed by atoms with E-state index >= 15 is 0 Å². The van der Waals surface area contributed by atoms with Crippen molar-refractivity contribution in [3.8, 4) is 0 Å². The maximum absolute atomic E-state index is 10.4. The highest BCUT2D eigenvalue weighted by Crippen LogP contribution is 2.34. The van der Waals surface area contributed by atoms with E-state index in [2.05, 4.69) is 5.10 Å². The molecule has 1 N–H and O–H groups in total. The number of aliphatic hydroxyl groups excluding tert-OH is 1. The maximum Gasteiger partial charge on any atom is 0.132 e. The summed E-state index contributed by atoms with van der Waals surface area (Å²) in [6, 6.07) is 0. The number of ether oxygens (including phenoxy) is 1. The lowest BCUT2D eigenvalue weighted by molar-refractivity contribution is 0.00270. The smallest absolute Gasteiger partial charge is 0.132 e. The van der Waals surface area contributed by atoms with E-state index in [9.17, 15) is 5.11 Å². The Morgan fingerprint density at radius 1 is 1.42 bits per heavy atom. The zero-order valence-electron chi connectivity index (χ0n) is 12.7. The van der Waals surface area contributed by atoms with Crippen molar-refractivity contribution >= 4 is 11.6 Å². The van der Waals surface area contributed by atoms with Crippen LogP contribution in [0, 0.1) is 0 Å². The Hall–Kier alpha value is -0.580. The zero-order chi connectivity index (χ0) is 14.8. The molecule has 1 heterocycles. The van der Waals surface area contributed by atoms with Gasteiger partial charge in [-0.15, -0.1) is 0 Å². The van der Waals surface area contributed by atoms with E-state index in [1.807, 2.05) is 27.7 Å². The van der Waals surface area contributed by atoms with Gasteiger partial charge in [-0.2, -0.15) is 5.10 Å². The molecule has 0 aliphatic carbocycles. The molecule has 0 spiro atoms. The van der Waals surface area contributed by atoms with Crippen molar-refractivity contribution in [1.29, 1.82) is 0 Å². The molecule has 110 valence electrons. The van der Waals surface area contributed by atoms with Gasteiger partial charge in [-0.05, 0) is 32.6 Å². The lowest BCUT2D eigenvalue weighted by Crippen LogP contribution is -2.23. The molecule has 0 radical (unpaired) electrons. The average molecular weight is 289 g/mol. The predicted octanol–water partition coefficient (Wildman–Crippen LogP) is 3.44. The first kappa shape index (κ1) is 16.5. The minimum atomic E-state index is -0.604. The first-order valence-electron chi connectivity index (χ1n) is 6.65. The van der Waals surface area contributed by atoms with Crippen LogP contribution in [0.3, 0.4) is 0 Å². The van der Waals surface area contributed by atoms with Crippen LogP contribution in [-0.2, 0) is 11.8 Å². The number of hydrogen-bond donors (Lipinski definition) is 1. The summed E-state index contributed by atoms with van der Waals surface area (Å²) in [4.78, 5) is 0. The van der Waals surface area contributed by atoms with Crippen LogP contribution < -0.4 is 0 Å². The van der Waals surface area contributed by atoms with Crippen LogP contribution in [0.25, 0.3) is 0 Å². The monoisotopic (exact) mass is 288 g/mol. The molecular formula is C14H25ClN2O2. The summed E-state index contributed by atoms with van der Waals surface area (Å²) in [6.45, 7) is 8.11. The summed E-state index contributed by atoms with van der Waals surface area (Å²) in [5.41, 5.74) is 1.38. The van der Waals surface area contributed by atoms with Gasteiger partial charge in [0.1, 0.15) is 5.15 Å². The molecular weight excluding hydrogens is 264 g/mol. The fourth-order valence-corrected chi connectivity index (χ4v) is 2.27. The van der Waals surface area contributed by atoms with Gasteiger partial charge in [0, 0.05) is 19.7 Å². The highest BCUT2D eigenvalue weighted by molar-refractivity contribution is 6.30. The third-order valence-electron chi connectivity index (χ3n) is 3.49. The molecule has 5 heteroatoms. The lowest BCUT2D eigenvalue weighted by atomic mass is 9.95. The van der Waals surface area contributed by atoms with Gasteiger partial charge < -0.3 is 9.84 Å². The minimum Gasteiger partial charge on any atom is -0.388 e. The quantitative estimate of drug-likeness (QED) is 0.872. The van der Waals surface area contributed by atoms with Crippen LogP contribution in [0.1, 0.15) is 63.8 Å². The van der Waals surface area contributed by atoms with Gasteiger partial charge in [-0.25, -0.2) is 0 Å². The first-order valence-corrected chi connectivity index (χ1v) is 7.03. The summed E-state index contributed by atoms with van der Waals surface area (Å²) in [6.07, 6.45) is 0.757. The standard InChI is InChI=1S/C14H25ClN2O2/c1-9(2)12-11(13(15)17(5)16-12)10(18)7-8-14(3,4)19-6/h9-10,18H,7-8H2,1-6H3. The molecule has 1 rings (SSSR count). The summed E-state index contributed by atoms with van der Waals surface area (Å²) in [7, 11) is 3.48. The van der Waals surface area contributed by atoms with E-state index in [1.165, 1.54) is 0 Å². The number of halogens is 1. The molecule has 4 nitrogen and oxygen atoms in total. The van der Waals surface area contributed by atoms with E-state index in [4.69, 9.17) is 16.3 Å². The zero-order valence-corrected chi connectivity index (χ0v) is 13.5. The van der Waals surface area contributed by atoms with Crippen molar-refractivity contribution in [2.24, 2.45) is 7.05 Å². The van der Waals surface area contributed by atoms with Crippen LogP contribution >= 0.6 is 11.6 Å². The van der Waals surface area contributed by atoms with E-state index in [0.29, 0.717) is 11.6 Å². The third-order valence-corrected chi connectivity index (χ3v) is 3.94. The van der Waals surface area contributed by atoms with Crippen LogP contribution in [0.15, 0.2) is 0 Å². The summed E-state index contributed by atoms with van der Waals surface area (Å²) >= 11 is 6.25. The molecule has 0 fully saturated rings. The number of nitrogens with zero attached hydrogens (tertiary/aromatic N) is 2. The van der Waals surface area contributed by atoms with Gasteiger partial charge in [0.25, 0.3) is 0 Å². The van der Waals surface area contributed by atoms with Crippen molar-refractivity contribution in [3.05, 3.63) is 16.4 Å². The Morgan fingerprint density at radius 3 is 2.47 bits per heavy atom. The average Bonchev–Trinajstić information content (AvgIpc) is 2.63. The molecule has 0 aliphatic rings. The highest BCUT2D eigenvalue weighted by atomic mass is 35.5. The molecule has 1 unspecified atom stereocenters. The van der Waals surface area contributed by atoms with Gasteiger partial charge in [0.05, 0.1) is 17.4 Å². The van der Waals surface area contributed by atoms with Gasteiger partial charge in [-0.1, -0.05) is 25.4 Å². The summed E-state index contributed by atoms with van der Waals surface area (Å²) in [5, 5.41) is 15.3. The summed E-state index contributed by atoms with van der Waals surface area (Å²) < 4.78 is 6.99. The van der Waals surface area contributed by atoms with Crippen molar-refractivity contribution in [1.82, 2.24) is 9.78 Å². The Balaban J connectivity index is 2.90. The molecule has 1 aromatic heterocycles. The molecule has 0 saturated heterocycles. The number of aliphatic hydroxyl groups is 1. The Kier molecular flexibility index (Phi) is 5.42. The topological polar surface area (TPSA) is 47.3 Å². The summed E-state index contributed by atoms with van der Waals surface area (Å²) in [5.74, 6) is 0.235.